The molecule has 6 nitrogen and oxygen atoms in total. The minimum absolute atomic E-state index is 0.194. The number of amides is 1. The lowest BCUT2D eigenvalue weighted by atomic mass is 9.69. The number of ether oxygens (including phenoxy) is 1. The zero-order valence-corrected chi connectivity index (χ0v) is 14.5. The number of piperidine rings is 1. The molecule has 1 spiro atoms. The maximum atomic E-state index is 12.2. The second-order valence-electron chi connectivity index (χ2n) is 7.82. The van der Waals surface area contributed by atoms with Gasteiger partial charge in [0.2, 0.25) is 5.91 Å². The third kappa shape index (κ3) is 3.35. The van der Waals surface area contributed by atoms with Gasteiger partial charge in [-0.3, -0.25) is 14.4 Å². The Bertz CT molecular complexity index is 588. The first-order chi connectivity index (χ1) is 11.6. The molecule has 1 saturated carbocycles. The van der Waals surface area contributed by atoms with Crippen molar-refractivity contribution in [1.29, 1.82) is 0 Å². The number of aromatic nitrogens is 2. The van der Waals surface area contributed by atoms with Crippen molar-refractivity contribution < 1.29 is 9.53 Å². The van der Waals surface area contributed by atoms with Crippen LogP contribution in [0.1, 0.15) is 37.7 Å². The van der Waals surface area contributed by atoms with Crippen LogP contribution < -0.4 is 5.32 Å². The number of hydrogen-bond acceptors (Lipinski definition) is 4. The van der Waals surface area contributed by atoms with Gasteiger partial charge in [0.15, 0.2) is 0 Å². The second-order valence-corrected chi connectivity index (χ2v) is 7.82. The summed E-state index contributed by atoms with van der Waals surface area (Å²) in [5, 5.41) is 7.57. The molecular formula is C18H28N4O2. The van der Waals surface area contributed by atoms with Crippen molar-refractivity contribution in [2.45, 2.75) is 44.7 Å². The summed E-state index contributed by atoms with van der Waals surface area (Å²) < 4.78 is 7.56. The molecule has 0 aromatic carbocycles. The van der Waals surface area contributed by atoms with Crippen molar-refractivity contribution in [3.63, 3.8) is 0 Å². The van der Waals surface area contributed by atoms with Crippen LogP contribution >= 0.6 is 0 Å². The third-order valence-corrected chi connectivity index (χ3v) is 6.05. The molecule has 2 aliphatic heterocycles. The molecule has 1 amide bonds. The third-order valence-electron chi connectivity index (χ3n) is 6.05. The van der Waals surface area contributed by atoms with Crippen LogP contribution in [-0.4, -0.2) is 52.9 Å². The maximum Gasteiger partial charge on any atom is 0.223 e. The number of likely N-dealkylation sites (tertiary alicyclic amines) is 1. The molecule has 3 heterocycles. The summed E-state index contributed by atoms with van der Waals surface area (Å²) in [6.07, 6.45) is 9.54. The number of carbonyl (C=O) groups excluding carboxylic acids is 1. The summed E-state index contributed by atoms with van der Waals surface area (Å²) >= 11 is 0. The van der Waals surface area contributed by atoms with Crippen LogP contribution in [0.2, 0.25) is 0 Å². The van der Waals surface area contributed by atoms with Crippen LogP contribution in [0.25, 0.3) is 0 Å². The Morgan fingerprint density at radius 3 is 2.83 bits per heavy atom. The average Bonchev–Trinajstić information content (AvgIpc) is 3.36. The summed E-state index contributed by atoms with van der Waals surface area (Å²) in [4.78, 5) is 14.7. The van der Waals surface area contributed by atoms with Gasteiger partial charge in [0.05, 0.1) is 18.8 Å². The maximum absolute atomic E-state index is 12.2. The summed E-state index contributed by atoms with van der Waals surface area (Å²) in [7, 11) is 1.96. The Balaban J connectivity index is 1.36. The molecule has 6 heteroatoms. The number of aryl methyl sites for hydroxylation is 1. The van der Waals surface area contributed by atoms with Crippen LogP contribution in [-0.2, 0) is 23.1 Å². The van der Waals surface area contributed by atoms with Crippen LogP contribution in [0.15, 0.2) is 12.4 Å². The topological polar surface area (TPSA) is 59.4 Å². The van der Waals surface area contributed by atoms with Crippen LogP contribution in [0.4, 0.5) is 0 Å². The normalized spacial score (nSPS) is 27.3. The molecule has 1 N–H and O–H groups in total. The Morgan fingerprint density at radius 1 is 1.38 bits per heavy atom. The molecule has 24 heavy (non-hydrogen) atoms. The van der Waals surface area contributed by atoms with E-state index in [1.54, 1.807) is 0 Å². The fourth-order valence-electron chi connectivity index (χ4n) is 4.22. The first kappa shape index (κ1) is 16.1. The van der Waals surface area contributed by atoms with Gasteiger partial charge < -0.3 is 10.1 Å². The van der Waals surface area contributed by atoms with Gasteiger partial charge in [0.25, 0.3) is 0 Å². The standard InChI is InChI=1S/C18H28N4O2/c1-21-11-14(10-19-21)12-22-7-4-18(5-8-22)6-9-24-13-16(18)20-17(23)15-2-3-15/h10-11,15-16H,2-9,12-13H2,1H3,(H,20,23)/t16-/m1/s1. The van der Waals surface area contributed by atoms with Gasteiger partial charge in [-0.1, -0.05) is 0 Å². The van der Waals surface area contributed by atoms with Gasteiger partial charge >= 0.3 is 0 Å². The summed E-state index contributed by atoms with van der Waals surface area (Å²) in [6, 6.07) is 0.194. The highest BCUT2D eigenvalue weighted by atomic mass is 16.5. The molecule has 3 fully saturated rings. The molecule has 0 unspecified atom stereocenters. The molecule has 4 rings (SSSR count). The van der Waals surface area contributed by atoms with Crippen LogP contribution in [0.5, 0.6) is 0 Å². The summed E-state index contributed by atoms with van der Waals surface area (Å²) in [5.74, 6) is 0.525. The van der Waals surface area contributed by atoms with E-state index in [0.29, 0.717) is 6.61 Å². The van der Waals surface area contributed by atoms with Crippen LogP contribution in [0.3, 0.4) is 0 Å². The van der Waals surface area contributed by atoms with Crippen LogP contribution in [0, 0.1) is 11.3 Å². The Hall–Kier alpha value is -1.40. The quantitative estimate of drug-likeness (QED) is 0.903. The minimum Gasteiger partial charge on any atom is -0.379 e. The predicted octanol–water partition coefficient (Wildman–Crippen LogP) is 1.32. The molecule has 1 aliphatic carbocycles. The molecule has 0 radical (unpaired) electrons. The van der Waals surface area contributed by atoms with Gasteiger partial charge in [-0.2, -0.15) is 5.10 Å². The molecule has 3 aliphatic rings. The lowest BCUT2D eigenvalue weighted by Gasteiger charge is -2.49. The van der Waals surface area contributed by atoms with E-state index in [2.05, 4.69) is 21.5 Å². The van der Waals surface area contributed by atoms with Crippen molar-refractivity contribution in [1.82, 2.24) is 20.0 Å². The van der Waals surface area contributed by atoms with Crippen molar-refractivity contribution >= 4 is 5.91 Å². The fourth-order valence-corrected chi connectivity index (χ4v) is 4.22. The molecule has 1 aromatic rings. The number of nitrogens with zero attached hydrogens (tertiary/aromatic N) is 3. The molecule has 2 saturated heterocycles. The minimum atomic E-state index is 0.194. The summed E-state index contributed by atoms with van der Waals surface area (Å²) in [6.45, 7) is 4.66. The van der Waals surface area contributed by atoms with E-state index < -0.39 is 0 Å². The van der Waals surface area contributed by atoms with E-state index in [1.165, 1.54) is 5.56 Å². The number of hydrogen-bond donors (Lipinski definition) is 1. The molecular weight excluding hydrogens is 304 g/mol. The van der Waals surface area contributed by atoms with Gasteiger partial charge in [-0.05, 0) is 50.6 Å². The van der Waals surface area contributed by atoms with E-state index in [1.807, 2.05) is 17.9 Å². The van der Waals surface area contributed by atoms with Gasteiger partial charge in [-0.15, -0.1) is 0 Å². The van der Waals surface area contributed by atoms with E-state index in [0.717, 1.165) is 58.3 Å². The first-order valence-electron chi connectivity index (χ1n) is 9.23. The predicted molar refractivity (Wildman–Crippen MR) is 90.2 cm³/mol. The highest BCUT2D eigenvalue weighted by Crippen LogP contribution is 2.42. The lowest BCUT2D eigenvalue weighted by Crippen LogP contribution is -2.57. The van der Waals surface area contributed by atoms with Crippen molar-refractivity contribution in [3.05, 3.63) is 18.0 Å². The number of rotatable bonds is 4. The van der Waals surface area contributed by atoms with Gasteiger partial charge in [0.1, 0.15) is 0 Å². The van der Waals surface area contributed by atoms with Crippen molar-refractivity contribution in [2.75, 3.05) is 26.3 Å². The van der Waals surface area contributed by atoms with Gasteiger partial charge in [-0.25, -0.2) is 0 Å². The van der Waals surface area contributed by atoms with Crippen molar-refractivity contribution in [3.8, 4) is 0 Å². The Morgan fingerprint density at radius 2 is 2.17 bits per heavy atom. The highest BCUT2D eigenvalue weighted by Gasteiger charge is 2.45. The van der Waals surface area contributed by atoms with E-state index >= 15 is 0 Å². The zero-order valence-electron chi connectivity index (χ0n) is 14.5. The van der Waals surface area contributed by atoms with Crippen molar-refractivity contribution in [2.24, 2.45) is 18.4 Å². The monoisotopic (exact) mass is 332 g/mol. The SMILES string of the molecule is Cn1cc(CN2CCC3(CCOC[C@H]3NC(=O)C3CC3)CC2)cn1. The van der Waals surface area contributed by atoms with Gasteiger partial charge in [0, 0.05) is 37.9 Å². The lowest BCUT2D eigenvalue weighted by molar-refractivity contribution is -0.127. The number of carbonyl (C=O) groups is 1. The molecule has 132 valence electrons. The average molecular weight is 332 g/mol. The zero-order chi connectivity index (χ0) is 16.6. The highest BCUT2D eigenvalue weighted by molar-refractivity contribution is 5.81. The molecule has 1 aromatic heterocycles. The molecule has 1 atom stereocenters. The van der Waals surface area contributed by atoms with E-state index in [4.69, 9.17) is 4.74 Å². The summed E-state index contributed by atoms with van der Waals surface area (Å²) in [5.41, 5.74) is 1.51. The molecule has 0 bridgehead atoms. The Labute approximate surface area is 143 Å². The Kier molecular flexibility index (Phi) is 4.35. The largest absolute Gasteiger partial charge is 0.379 e. The smallest absolute Gasteiger partial charge is 0.223 e. The first-order valence-corrected chi connectivity index (χ1v) is 9.23. The van der Waals surface area contributed by atoms with E-state index in [-0.39, 0.29) is 23.3 Å². The van der Waals surface area contributed by atoms with E-state index in [9.17, 15) is 4.79 Å². The fraction of sp³-hybridized carbons (Fsp3) is 0.778. The number of nitrogens with one attached hydrogen (secondary N) is 1. The second kappa shape index (κ2) is 6.48.